The maximum Gasteiger partial charge on any atom is 0.251 e. The van der Waals surface area contributed by atoms with Crippen LogP contribution in [0.25, 0.3) is 0 Å². The third kappa shape index (κ3) is 4.40. The van der Waals surface area contributed by atoms with Crippen LogP contribution in [0.5, 0.6) is 0 Å². The zero-order chi connectivity index (χ0) is 13.5. The van der Waals surface area contributed by atoms with E-state index in [0.717, 1.165) is 18.5 Å². The quantitative estimate of drug-likeness (QED) is 0.811. The molecule has 2 atom stereocenters. The first-order chi connectivity index (χ1) is 8.56. The first kappa shape index (κ1) is 14.6. The van der Waals surface area contributed by atoms with E-state index in [0.29, 0.717) is 11.5 Å². The highest BCUT2D eigenvalue weighted by atomic mass is 16.1. The van der Waals surface area contributed by atoms with Crippen molar-refractivity contribution >= 4 is 11.6 Å². The third-order valence-corrected chi connectivity index (χ3v) is 3.27. The molecule has 1 rings (SSSR count). The van der Waals surface area contributed by atoms with Crippen LogP contribution < -0.4 is 10.6 Å². The van der Waals surface area contributed by atoms with E-state index in [9.17, 15) is 4.79 Å². The van der Waals surface area contributed by atoms with Gasteiger partial charge in [-0.05, 0) is 43.5 Å². The highest BCUT2D eigenvalue weighted by Gasteiger charge is 2.11. The van der Waals surface area contributed by atoms with E-state index in [2.05, 4.69) is 31.4 Å². The van der Waals surface area contributed by atoms with Crippen molar-refractivity contribution in [2.24, 2.45) is 5.92 Å². The van der Waals surface area contributed by atoms with Gasteiger partial charge in [0, 0.05) is 24.3 Å². The number of carbonyl (C=O) groups excluding carboxylic acids is 1. The maximum absolute atomic E-state index is 12.0. The van der Waals surface area contributed by atoms with E-state index in [4.69, 9.17) is 0 Å². The molecule has 0 heterocycles. The minimum Gasteiger partial charge on any atom is -0.388 e. The lowest BCUT2D eigenvalue weighted by molar-refractivity contribution is 0.0935. The predicted molar refractivity (Wildman–Crippen MR) is 77.0 cm³/mol. The maximum atomic E-state index is 12.0. The Morgan fingerprint density at radius 3 is 2.33 bits per heavy atom. The fourth-order valence-electron chi connectivity index (χ4n) is 1.92. The van der Waals surface area contributed by atoms with E-state index in [1.54, 1.807) is 0 Å². The van der Waals surface area contributed by atoms with Gasteiger partial charge in [0.1, 0.15) is 0 Å². The summed E-state index contributed by atoms with van der Waals surface area (Å²) in [7, 11) is 1.86. The second-order valence-corrected chi connectivity index (χ2v) is 4.95. The van der Waals surface area contributed by atoms with Crippen LogP contribution in [0.1, 0.15) is 44.0 Å². The summed E-state index contributed by atoms with van der Waals surface area (Å²) in [5.41, 5.74) is 1.73. The lowest BCUT2D eigenvalue weighted by Crippen LogP contribution is -2.33. The normalized spacial score (nSPS) is 13.8. The molecule has 1 aromatic carbocycles. The first-order valence-electron chi connectivity index (χ1n) is 6.65. The number of nitrogens with one attached hydrogen (secondary N) is 2. The molecule has 0 aliphatic carbocycles. The van der Waals surface area contributed by atoms with Crippen molar-refractivity contribution in [3.05, 3.63) is 29.8 Å². The molecule has 0 radical (unpaired) electrons. The fraction of sp³-hybridized carbons (Fsp3) is 0.533. The summed E-state index contributed by atoms with van der Waals surface area (Å²) in [4.78, 5) is 12.0. The van der Waals surface area contributed by atoms with Gasteiger partial charge in [-0.2, -0.15) is 0 Å². The van der Waals surface area contributed by atoms with Crippen LogP contribution in [0.4, 0.5) is 5.69 Å². The Morgan fingerprint density at radius 2 is 1.83 bits per heavy atom. The Kier molecular flexibility index (Phi) is 5.69. The van der Waals surface area contributed by atoms with Crippen LogP contribution in [-0.2, 0) is 0 Å². The van der Waals surface area contributed by atoms with E-state index in [1.807, 2.05) is 31.3 Å². The van der Waals surface area contributed by atoms with Crippen LogP contribution in [0.3, 0.4) is 0 Å². The molecule has 0 fully saturated rings. The molecule has 0 saturated heterocycles. The molecule has 0 saturated carbocycles. The monoisotopic (exact) mass is 248 g/mol. The molecule has 100 valence electrons. The number of amides is 1. The van der Waals surface area contributed by atoms with Crippen molar-refractivity contribution in [3.8, 4) is 0 Å². The van der Waals surface area contributed by atoms with E-state index in [-0.39, 0.29) is 11.9 Å². The molecule has 2 N–H and O–H groups in total. The molecule has 0 bridgehead atoms. The summed E-state index contributed by atoms with van der Waals surface area (Å²) in [6.45, 7) is 6.45. The highest BCUT2D eigenvalue weighted by molar-refractivity contribution is 5.94. The van der Waals surface area contributed by atoms with Crippen molar-refractivity contribution in [1.82, 2.24) is 5.32 Å². The number of benzene rings is 1. The van der Waals surface area contributed by atoms with Gasteiger partial charge in [0.25, 0.3) is 5.91 Å². The van der Waals surface area contributed by atoms with Crippen molar-refractivity contribution in [3.63, 3.8) is 0 Å². The molecule has 0 aliphatic heterocycles. The summed E-state index contributed by atoms with van der Waals surface area (Å²) < 4.78 is 0. The van der Waals surface area contributed by atoms with Gasteiger partial charge < -0.3 is 10.6 Å². The summed E-state index contributed by atoms with van der Waals surface area (Å²) >= 11 is 0. The van der Waals surface area contributed by atoms with Gasteiger partial charge in [0.15, 0.2) is 0 Å². The number of anilines is 1. The summed E-state index contributed by atoms with van der Waals surface area (Å²) in [5, 5.41) is 6.08. The largest absolute Gasteiger partial charge is 0.388 e. The molecule has 1 amide bonds. The van der Waals surface area contributed by atoms with Gasteiger partial charge in [-0.25, -0.2) is 0 Å². The van der Waals surface area contributed by atoms with Gasteiger partial charge in [0.2, 0.25) is 0 Å². The predicted octanol–water partition coefficient (Wildman–Crippen LogP) is 3.28. The van der Waals surface area contributed by atoms with Gasteiger partial charge in [-0.1, -0.05) is 20.3 Å². The highest BCUT2D eigenvalue weighted by Crippen LogP contribution is 2.11. The van der Waals surface area contributed by atoms with E-state index in [1.165, 1.54) is 0 Å². The Bertz CT molecular complexity index is 373. The molecule has 3 nitrogen and oxygen atoms in total. The smallest absolute Gasteiger partial charge is 0.251 e. The van der Waals surface area contributed by atoms with E-state index < -0.39 is 0 Å². The standard InChI is InChI=1S/C15H24N2O/c1-5-11(2)10-12(3)17-15(18)13-6-8-14(16-4)9-7-13/h6-9,11-12,16H,5,10H2,1-4H3,(H,17,18). The van der Waals surface area contributed by atoms with Crippen molar-refractivity contribution in [2.45, 2.75) is 39.7 Å². The van der Waals surface area contributed by atoms with Crippen molar-refractivity contribution in [1.29, 1.82) is 0 Å². The molecule has 0 aliphatic rings. The van der Waals surface area contributed by atoms with Crippen LogP contribution in [0.15, 0.2) is 24.3 Å². The van der Waals surface area contributed by atoms with Gasteiger partial charge >= 0.3 is 0 Å². The Morgan fingerprint density at radius 1 is 1.22 bits per heavy atom. The van der Waals surface area contributed by atoms with Crippen LogP contribution in [-0.4, -0.2) is 19.0 Å². The van der Waals surface area contributed by atoms with Crippen LogP contribution >= 0.6 is 0 Å². The SMILES string of the molecule is CCC(C)CC(C)NC(=O)c1ccc(NC)cc1. The topological polar surface area (TPSA) is 41.1 Å². The number of hydrogen-bond donors (Lipinski definition) is 2. The average molecular weight is 248 g/mol. The number of rotatable bonds is 6. The number of carbonyl (C=O) groups is 1. The summed E-state index contributed by atoms with van der Waals surface area (Å²) in [6, 6.07) is 7.73. The molecule has 0 spiro atoms. The Hall–Kier alpha value is -1.51. The lowest BCUT2D eigenvalue weighted by Gasteiger charge is -2.17. The van der Waals surface area contributed by atoms with Crippen molar-refractivity contribution in [2.75, 3.05) is 12.4 Å². The fourth-order valence-corrected chi connectivity index (χ4v) is 1.92. The molecule has 18 heavy (non-hydrogen) atoms. The zero-order valence-electron chi connectivity index (χ0n) is 11.8. The summed E-state index contributed by atoms with van der Waals surface area (Å²) in [5.74, 6) is 0.653. The zero-order valence-corrected chi connectivity index (χ0v) is 11.8. The molecular weight excluding hydrogens is 224 g/mol. The molecule has 2 unspecified atom stereocenters. The first-order valence-corrected chi connectivity index (χ1v) is 6.65. The average Bonchev–Trinajstić information content (AvgIpc) is 2.38. The minimum absolute atomic E-state index is 0.00783. The van der Waals surface area contributed by atoms with E-state index >= 15 is 0 Å². The Balaban J connectivity index is 2.53. The molecule has 1 aromatic rings. The third-order valence-electron chi connectivity index (χ3n) is 3.27. The van der Waals surface area contributed by atoms with Gasteiger partial charge in [-0.3, -0.25) is 4.79 Å². The summed E-state index contributed by atoms with van der Waals surface area (Å²) in [6.07, 6.45) is 2.17. The Labute approximate surface area is 110 Å². The molecule has 3 heteroatoms. The van der Waals surface area contributed by atoms with Crippen LogP contribution in [0.2, 0.25) is 0 Å². The van der Waals surface area contributed by atoms with Gasteiger partial charge in [-0.15, -0.1) is 0 Å². The second kappa shape index (κ2) is 7.04. The second-order valence-electron chi connectivity index (χ2n) is 4.95. The van der Waals surface area contributed by atoms with Gasteiger partial charge in [0.05, 0.1) is 0 Å². The van der Waals surface area contributed by atoms with Crippen LogP contribution in [0, 0.1) is 5.92 Å². The minimum atomic E-state index is 0.00783. The van der Waals surface area contributed by atoms with Crippen molar-refractivity contribution < 1.29 is 4.79 Å². The molecular formula is C15H24N2O. The molecule has 0 aromatic heterocycles. The number of hydrogen-bond acceptors (Lipinski definition) is 2. The lowest BCUT2D eigenvalue weighted by atomic mass is 10.00.